The molecule has 0 unspecified atom stereocenters. The van der Waals surface area contributed by atoms with E-state index in [9.17, 15) is 4.79 Å². The fraction of sp³-hybridized carbons (Fsp3) is 0.400. The molecule has 0 atom stereocenters. The van der Waals surface area contributed by atoms with E-state index in [0.717, 1.165) is 48.4 Å². The summed E-state index contributed by atoms with van der Waals surface area (Å²) in [7, 11) is 0. The van der Waals surface area contributed by atoms with Crippen LogP contribution in [0.3, 0.4) is 0 Å². The third kappa shape index (κ3) is 4.34. The molecule has 0 saturated carbocycles. The second-order valence-electron chi connectivity index (χ2n) is 6.14. The number of aromatic nitrogens is 1. The first kappa shape index (κ1) is 18.0. The van der Waals surface area contributed by atoms with Crippen LogP contribution in [-0.2, 0) is 0 Å². The van der Waals surface area contributed by atoms with Crippen LogP contribution in [0, 0.1) is 13.8 Å². The van der Waals surface area contributed by atoms with Gasteiger partial charge in [-0.25, -0.2) is 0 Å². The number of hydrogen-bond acceptors (Lipinski definition) is 3. The molecule has 1 heterocycles. The summed E-state index contributed by atoms with van der Waals surface area (Å²) >= 11 is 0. The van der Waals surface area contributed by atoms with Gasteiger partial charge in [-0.15, -0.1) is 0 Å². The third-order valence-corrected chi connectivity index (χ3v) is 4.06. The Hall–Kier alpha value is -2.36. The average molecular weight is 325 g/mol. The second-order valence-corrected chi connectivity index (χ2v) is 6.14. The topological polar surface area (TPSA) is 45.2 Å². The molecule has 2 aromatic rings. The van der Waals surface area contributed by atoms with E-state index in [2.05, 4.69) is 29.0 Å². The molecule has 0 fully saturated rings. The molecule has 0 bridgehead atoms. The third-order valence-electron chi connectivity index (χ3n) is 4.06. The largest absolute Gasteiger partial charge is 0.370 e. The van der Waals surface area contributed by atoms with Gasteiger partial charge in [0.25, 0.3) is 5.91 Å². The number of para-hydroxylation sites is 1. The highest BCUT2D eigenvalue weighted by Gasteiger charge is 2.12. The molecule has 0 saturated heterocycles. The lowest BCUT2D eigenvalue weighted by Crippen LogP contribution is -2.25. The van der Waals surface area contributed by atoms with Gasteiger partial charge in [0.2, 0.25) is 0 Å². The second kappa shape index (κ2) is 8.48. The fourth-order valence-corrected chi connectivity index (χ4v) is 2.83. The lowest BCUT2D eigenvalue weighted by molar-refractivity contribution is 0.102. The van der Waals surface area contributed by atoms with Gasteiger partial charge in [0.05, 0.1) is 17.4 Å². The summed E-state index contributed by atoms with van der Waals surface area (Å²) in [6.45, 7) is 10.3. The zero-order chi connectivity index (χ0) is 17.5. The van der Waals surface area contributed by atoms with Crippen LogP contribution in [0.2, 0.25) is 0 Å². The smallest absolute Gasteiger partial charge is 0.257 e. The summed E-state index contributed by atoms with van der Waals surface area (Å²) in [5.41, 5.74) is 4.60. The van der Waals surface area contributed by atoms with Crippen molar-refractivity contribution in [1.82, 2.24) is 4.98 Å². The zero-order valence-electron chi connectivity index (χ0n) is 15.1. The number of hydrogen-bond donors (Lipinski definition) is 1. The SMILES string of the molecule is CCCN(CCC)c1cncc(C(=O)Nc2c(C)cccc2C)c1. The van der Waals surface area contributed by atoms with E-state index >= 15 is 0 Å². The Morgan fingerprint density at radius 3 is 2.29 bits per heavy atom. The molecule has 0 aliphatic rings. The Bertz CT molecular complexity index is 671. The number of pyridine rings is 1. The van der Waals surface area contributed by atoms with Crippen LogP contribution in [0.1, 0.15) is 48.2 Å². The van der Waals surface area contributed by atoms with Crippen molar-refractivity contribution < 1.29 is 4.79 Å². The van der Waals surface area contributed by atoms with Crippen molar-refractivity contribution in [1.29, 1.82) is 0 Å². The minimum Gasteiger partial charge on any atom is -0.370 e. The van der Waals surface area contributed by atoms with Crippen LogP contribution in [0.4, 0.5) is 11.4 Å². The Morgan fingerprint density at radius 2 is 1.71 bits per heavy atom. The number of nitrogens with one attached hydrogen (secondary N) is 1. The number of rotatable bonds is 7. The zero-order valence-corrected chi connectivity index (χ0v) is 15.1. The van der Waals surface area contributed by atoms with Gasteiger partial charge in [-0.1, -0.05) is 32.0 Å². The van der Waals surface area contributed by atoms with Crippen LogP contribution < -0.4 is 10.2 Å². The molecule has 0 radical (unpaired) electrons. The van der Waals surface area contributed by atoms with E-state index in [-0.39, 0.29) is 5.91 Å². The molecule has 24 heavy (non-hydrogen) atoms. The lowest BCUT2D eigenvalue weighted by Gasteiger charge is -2.23. The minimum atomic E-state index is -0.116. The van der Waals surface area contributed by atoms with Gasteiger partial charge >= 0.3 is 0 Å². The van der Waals surface area contributed by atoms with E-state index < -0.39 is 0 Å². The number of benzene rings is 1. The maximum absolute atomic E-state index is 12.6. The van der Waals surface area contributed by atoms with E-state index in [1.165, 1.54) is 0 Å². The number of amides is 1. The summed E-state index contributed by atoms with van der Waals surface area (Å²) in [4.78, 5) is 19.2. The predicted molar refractivity (Wildman–Crippen MR) is 101 cm³/mol. The van der Waals surface area contributed by atoms with Crippen molar-refractivity contribution in [3.8, 4) is 0 Å². The van der Waals surface area contributed by atoms with E-state index in [1.54, 1.807) is 6.20 Å². The van der Waals surface area contributed by atoms with E-state index in [1.807, 2.05) is 44.3 Å². The van der Waals surface area contributed by atoms with Gasteiger partial charge in [-0.05, 0) is 43.9 Å². The Morgan fingerprint density at radius 1 is 1.08 bits per heavy atom. The predicted octanol–water partition coefficient (Wildman–Crippen LogP) is 4.58. The summed E-state index contributed by atoms with van der Waals surface area (Å²) in [6, 6.07) is 7.93. The Kier molecular flexibility index (Phi) is 6.36. The maximum atomic E-state index is 12.6. The van der Waals surface area contributed by atoms with Crippen LogP contribution in [0.25, 0.3) is 0 Å². The highest BCUT2D eigenvalue weighted by molar-refractivity contribution is 6.05. The first-order valence-corrected chi connectivity index (χ1v) is 8.64. The maximum Gasteiger partial charge on any atom is 0.257 e. The number of anilines is 2. The molecule has 128 valence electrons. The molecule has 0 aliphatic heterocycles. The molecular weight excluding hydrogens is 298 g/mol. The van der Waals surface area contributed by atoms with Crippen molar-refractivity contribution in [3.63, 3.8) is 0 Å². The molecule has 0 spiro atoms. The van der Waals surface area contributed by atoms with Crippen molar-refractivity contribution in [3.05, 3.63) is 53.3 Å². The number of carbonyl (C=O) groups excluding carboxylic acids is 1. The van der Waals surface area contributed by atoms with E-state index in [0.29, 0.717) is 5.56 Å². The Labute approximate surface area is 144 Å². The summed E-state index contributed by atoms with van der Waals surface area (Å²) in [6.07, 6.45) is 5.60. The van der Waals surface area contributed by atoms with Crippen molar-refractivity contribution in [2.45, 2.75) is 40.5 Å². The number of aryl methyl sites for hydroxylation is 2. The molecule has 1 amide bonds. The van der Waals surface area contributed by atoms with Gasteiger partial charge in [0.1, 0.15) is 0 Å². The van der Waals surface area contributed by atoms with Gasteiger partial charge < -0.3 is 10.2 Å². The molecule has 0 aliphatic carbocycles. The lowest BCUT2D eigenvalue weighted by atomic mass is 10.1. The first-order valence-electron chi connectivity index (χ1n) is 8.64. The highest BCUT2D eigenvalue weighted by atomic mass is 16.1. The highest BCUT2D eigenvalue weighted by Crippen LogP contribution is 2.21. The van der Waals surface area contributed by atoms with Crippen molar-refractivity contribution >= 4 is 17.3 Å². The summed E-state index contributed by atoms with van der Waals surface area (Å²) in [5, 5.41) is 3.03. The quantitative estimate of drug-likeness (QED) is 0.810. The molecule has 2 rings (SSSR count). The fourth-order valence-electron chi connectivity index (χ4n) is 2.83. The van der Waals surface area contributed by atoms with Gasteiger partial charge in [-0.3, -0.25) is 9.78 Å². The van der Waals surface area contributed by atoms with Gasteiger partial charge in [0, 0.05) is 25.0 Å². The first-order chi connectivity index (χ1) is 11.6. The minimum absolute atomic E-state index is 0.116. The van der Waals surface area contributed by atoms with Crippen LogP contribution in [-0.4, -0.2) is 24.0 Å². The summed E-state index contributed by atoms with van der Waals surface area (Å²) in [5.74, 6) is -0.116. The molecule has 4 heteroatoms. The number of nitrogens with zero attached hydrogens (tertiary/aromatic N) is 2. The van der Waals surface area contributed by atoms with Crippen molar-refractivity contribution in [2.24, 2.45) is 0 Å². The molecule has 1 N–H and O–H groups in total. The van der Waals surface area contributed by atoms with Gasteiger partial charge in [0.15, 0.2) is 0 Å². The standard InChI is InChI=1S/C20H27N3O/c1-5-10-23(11-6-2)18-12-17(13-21-14-18)20(24)22-19-15(3)8-7-9-16(19)4/h7-9,12-14H,5-6,10-11H2,1-4H3,(H,22,24). The van der Waals surface area contributed by atoms with E-state index in [4.69, 9.17) is 0 Å². The normalized spacial score (nSPS) is 10.5. The van der Waals surface area contributed by atoms with Crippen molar-refractivity contribution in [2.75, 3.05) is 23.3 Å². The average Bonchev–Trinajstić information content (AvgIpc) is 2.58. The molecular formula is C20H27N3O. The monoisotopic (exact) mass is 325 g/mol. The molecule has 1 aromatic carbocycles. The van der Waals surface area contributed by atoms with Crippen LogP contribution >= 0.6 is 0 Å². The Balaban J connectivity index is 2.22. The van der Waals surface area contributed by atoms with Gasteiger partial charge in [-0.2, -0.15) is 0 Å². The van der Waals surface area contributed by atoms with Crippen LogP contribution in [0.5, 0.6) is 0 Å². The summed E-state index contributed by atoms with van der Waals surface area (Å²) < 4.78 is 0. The molecule has 1 aromatic heterocycles. The molecule has 4 nitrogen and oxygen atoms in total. The van der Waals surface area contributed by atoms with Crippen LogP contribution in [0.15, 0.2) is 36.7 Å². The number of carbonyl (C=O) groups is 1.